The van der Waals surface area contributed by atoms with Crippen LogP contribution in [0.3, 0.4) is 0 Å². The van der Waals surface area contributed by atoms with Crippen LogP contribution in [0, 0.1) is 0 Å². The van der Waals surface area contributed by atoms with Crippen molar-refractivity contribution in [3.8, 4) is 0 Å². The highest BCUT2D eigenvalue weighted by Crippen LogP contribution is 2.17. The molecule has 1 heterocycles. The van der Waals surface area contributed by atoms with Gasteiger partial charge in [0.1, 0.15) is 0 Å². The molecule has 0 amide bonds. The van der Waals surface area contributed by atoms with Crippen LogP contribution in [0.1, 0.15) is 30.3 Å². The summed E-state index contributed by atoms with van der Waals surface area (Å²) in [5, 5.41) is 12.9. The molecule has 1 aromatic heterocycles. The quantitative estimate of drug-likeness (QED) is 0.846. The van der Waals surface area contributed by atoms with Crippen LogP contribution in [0.5, 0.6) is 0 Å². The number of pyridine rings is 1. The Balaban J connectivity index is 2.07. The Labute approximate surface area is 108 Å². The summed E-state index contributed by atoms with van der Waals surface area (Å²) >= 11 is 0. The zero-order valence-electron chi connectivity index (χ0n) is 10.5. The molecule has 2 rings (SSSR count). The normalized spacial score (nSPS) is 14.1. The number of hydrogen-bond donors (Lipinski definition) is 2. The highest BCUT2D eigenvalue weighted by molar-refractivity contribution is 5.20. The summed E-state index contributed by atoms with van der Waals surface area (Å²) in [6.07, 6.45) is 1.78. The van der Waals surface area contributed by atoms with E-state index < -0.39 is 0 Å². The van der Waals surface area contributed by atoms with Gasteiger partial charge in [-0.25, -0.2) is 0 Å². The number of aliphatic hydroxyl groups excluding tert-OH is 1. The fourth-order valence-corrected chi connectivity index (χ4v) is 1.96. The SMILES string of the molecule is CC(NC(CO)c1ccccc1)c1ccccn1. The summed E-state index contributed by atoms with van der Waals surface area (Å²) in [6.45, 7) is 2.12. The van der Waals surface area contributed by atoms with E-state index in [0.29, 0.717) is 0 Å². The van der Waals surface area contributed by atoms with Crippen molar-refractivity contribution in [3.05, 3.63) is 66.0 Å². The summed E-state index contributed by atoms with van der Waals surface area (Å²) in [4.78, 5) is 4.32. The maximum Gasteiger partial charge on any atom is 0.0626 e. The lowest BCUT2D eigenvalue weighted by Gasteiger charge is -2.21. The Morgan fingerprint density at radius 1 is 1.11 bits per heavy atom. The predicted octanol–water partition coefficient (Wildman–Crippen LogP) is 2.47. The van der Waals surface area contributed by atoms with Gasteiger partial charge < -0.3 is 5.11 Å². The molecule has 18 heavy (non-hydrogen) atoms. The molecular weight excluding hydrogens is 224 g/mol. The van der Waals surface area contributed by atoms with Gasteiger partial charge in [0.2, 0.25) is 0 Å². The van der Waals surface area contributed by atoms with E-state index in [1.807, 2.05) is 55.5 Å². The van der Waals surface area contributed by atoms with Crippen LogP contribution >= 0.6 is 0 Å². The summed E-state index contributed by atoms with van der Waals surface area (Å²) in [6, 6.07) is 15.8. The van der Waals surface area contributed by atoms with Crippen molar-refractivity contribution in [3.63, 3.8) is 0 Å². The van der Waals surface area contributed by atoms with Gasteiger partial charge in [0.05, 0.1) is 18.3 Å². The van der Waals surface area contributed by atoms with Gasteiger partial charge in [0, 0.05) is 12.2 Å². The molecule has 0 saturated carbocycles. The van der Waals surface area contributed by atoms with Gasteiger partial charge in [0.15, 0.2) is 0 Å². The molecule has 94 valence electrons. The number of aromatic nitrogens is 1. The van der Waals surface area contributed by atoms with Crippen LogP contribution in [0.15, 0.2) is 54.7 Å². The summed E-state index contributed by atoms with van der Waals surface area (Å²) in [5.41, 5.74) is 2.06. The van der Waals surface area contributed by atoms with Crippen LogP contribution in [0.2, 0.25) is 0 Å². The van der Waals surface area contributed by atoms with E-state index in [1.54, 1.807) is 6.20 Å². The lowest BCUT2D eigenvalue weighted by Crippen LogP contribution is -2.27. The molecule has 0 fully saturated rings. The highest BCUT2D eigenvalue weighted by Gasteiger charge is 2.14. The van der Waals surface area contributed by atoms with E-state index in [4.69, 9.17) is 0 Å². The molecule has 2 atom stereocenters. The number of nitrogens with zero attached hydrogens (tertiary/aromatic N) is 1. The molecule has 2 N–H and O–H groups in total. The van der Waals surface area contributed by atoms with Gasteiger partial charge in [-0.3, -0.25) is 10.3 Å². The van der Waals surface area contributed by atoms with E-state index in [2.05, 4.69) is 10.3 Å². The second kappa shape index (κ2) is 6.28. The lowest BCUT2D eigenvalue weighted by molar-refractivity contribution is 0.235. The lowest BCUT2D eigenvalue weighted by atomic mass is 10.1. The number of nitrogens with one attached hydrogen (secondary N) is 1. The maximum absolute atomic E-state index is 9.49. The number of benzene rings is 1. The van der Waals surface area contributed by atoms with E-state index in [-0.39, 0.29) is 18.7 Å². The van der Waals surface area contributed by atoms with Gasteiger partial charge in [-0.2, -0.15) is 0 Å². The van der Waals surface area contributed by atoms with E-state index >= 15 is 0 Å². The topological polar surface area (TPSA) is 45.1 Å². The third-order valence-electron chi connectivity index (χ3n) is 2.97. The van der Waals surface area contributed by atoms with Crippen LogP contribution in [0.25, 0.3) is 0 Å². The third kappa shape index (κ3) is 3.15. The van der Waals surface area contributed by atoms with Crippen molar-refractivity contribution in [1.29, 1.82) is 0 Å². The molecule has 2 unspecified atom stereocenters. The Bertz CT molecular complexity index is 458. The van der Waals surface area contributed by atoms with Gasteiger partial charge in [-0.05, 0) is 24.6 Å². The first-order valence-corrected chi connectivity index (χ1v) is 6.14. The van der Waals surface area contributed by atoms with Crippen molar-refractivity contribution in [2.75, 3.05) is 6.61 Å². The van der Waals surface area contributed by atoms with Crippen LogP contribution in [0.4, 0.5) is 0 Å². The van der Waals surface area contributed by atoms with E-state index in [1.165, 1.54) is 0 Å². The molecule has 0 bridgehead atoms. The maximum atomic E-state index is 9.49. The second-order valence-electron chi connectivity index (χ2n) is 4.29. The minimum atomic E-state index is -0.0665. The summed E-state index contributed by atoms with van der Waals surface area (Å²) in [5.74, 6) is 0. The smallest absolute Gasteiger partial charge is 0.0626 e. The average molecular weight is 242 g/mol. The first kappa shape index (κ1) is 12.7. The van der Waals surface area contributed by atoms with Crippen LogP contribution < -0.4 is 5.32 Å². The molecule has 0 aliphatic carbocycles. The van der Waals surface area contributed by atoms with Crippen LogP contribution in [-0.2, 0) is 0 Å². The highest BCUT2D eigenvalue weighted by atomic mass is 16.3. The third-order valence-corrected chi connectivity index (χ3v) is 2.97. The molecular formula is C15H18N2O. The first-order valence-electron chi connectivity index (χ1n) is 6.14. The first-order chi connectivity index (χ1) is 8.81. The molecule has 0 spiro atoms. The molecule has 0 saturated heterocycles. The number of aliphatic hydroxyl groups is 1. The Hall–Kier alpha value is -1.71. The van der Waals surface area contributed by atoms with Crippen molar-refractivity contribution < 1.29 is 5.11 Å². The van der Waals surface area contributed by atoms with Crippen molar-refractivity contribution in [2.24, 2.45) is 0 Å². The fraction of sp³-hybridized carbons (Fsp3) is 0.267. The van der Waals surface area contributed by atoms with E-state index in [0.717, 1.165) is 11.3 Å². The molecule has 1 aromatic carbocycles. The van der Waals surface area contributed by atoms with Crippen molar-refractivity contribution in [1.82, 2.24) is 10.3 Å². The molecule has 0 aliphatic heterocycles. The van der Waals surface area contributed by atoms with E-state index in [9.17, 15) is 5.11 Å². The van der Waals surface area contributed by atoms with Gasteiger partial charge in [0.25, 0.3) is 0 Å². The Morgan fingerprint density at radius 3 is 2.44 bits per heavy atom. The predicted molar refractivity (Wildman–Crippen MR) is 72.1 cm³/mol. The van der Waals surface area contributed by atoms with Gasteiger partial charge in [-0.15, -0.1) is 0 Å². The standard InChI is InChI=1S/C15H18N2O/c1-12(14-9-5-6-10-16-14)17-15(11-18)13-7-3-2-4-8-13/h2-10,12,15,17-18H,11H2,1H3. The number of rotatable bonds is 5. The molecule has 2 aromatic rings. The molecule has 0 radical (unpaired) electrons. The largest absolute Gasteiger partial charge is 0.394 e. The van der Waals surface area contributed by atoms with Crippen LogP contribution in [-0.4, -0.2) is 16.7 Å². The Morgan fingerprint density at radius 2 is 1.83 bits per heavy atom. The monoisotopic (exact) mass is 242 g/mol. The fourth-order valence-electron chi connectivity index (χ4n) is 1.96. The zero-order chi connectivity index (χ0) is 12.8. The second-order valence-corrected chi connectivity index (χ2v) is 4.29. The van der Waals surface area contributed by atoms with Gasteiger partial charge in [-0.1, -0.05) is 36.4 Å². The molecule has 0 aliphatic rings. The minimum absolute atomic E-state index is 0.0665. The summed E-state index contributed by atoms with van der Waals surface area (Å²) in [7, 11) is 0. The Kier molecular flexibility index (Phi) is 4.45. The van der Waals surface area contributed by atoms with Crippen molar-refractivity contribution in [2.45, 2.75) is 19.0 Å². The van der Waals surface area contributed by atoms with Gasteiger partial charge >= 0.3 is 0 Å². The number of hydrogen-bond acceptors (Lipinski definition) is 3. The summed E-state index contributed by atoms with van der Waals surface area (Å²) < 4.78 is 0. The average Bonchev–Trinajstić information content (AvgIpc) is 2.46. The van der Waals surface area contributed by atoms with Crippen molar-refractivity contribution >= 4 is 0 Å². The molecule has 3 heteroatoms. The molecule has 3 nitrogen and oxygen atoms in total. The zero-order valence-corrected chi connectivity index (χ0v) is 10.5. The minimum Gasteiger partial charge on any atom is -0.394 e.